The monoisotopic (exact) mass is 318 g/mol. The second-order valence-electron chi connectivity index (χ2n) is 6.12. The van der Waals surface area contributed by atoms with Crippen molar-refractivity contribution in [3.63, 3.8) is 0 Å². The maximum atomic E-state index is 4.48. The lowest BCUT2D eigenvalue weighted by Crippen LogP contribution is -2.47. The Morgan fingerprint density at radius 2 is 1.75 bits per heavy atom. The highest BCUT2D eigenvalue weighted by Crippen LogP contribution is 2.26. The van der Waals surface area contributed by atoms with Crippen molar-refractivity contribution in [1.82, 2.24) is 19.4 Å². The zero-order valence-corrected chi connectivity index (χ0v) is 13.3. The van der Waals surface area contributed by atoms with E-state index in [0.717, 1.165) is 42.7 Å². The number of nitrogens with zero attached hydrogens (tertiary/aromatic N) is 5. The topological polar surface area (TPSA) is 52.5 Å². The number of aromatic amines is 1. The Balaban J connectivity index is 1.41. The van der Waals surface area contributed by atoms with Crippen LogP contribution in [0.3, 0.4) is 0 Å². The Hall–Kier alpha value is -3.02. The molecule has 120 valence electrons. The number of hydrogen-bond acceptors (Lipinski definition) is 4. The minimum Gasteiger partial charge on any atom is -0.366 e. The first-order chi connectivity index (χ1) is 11.9. The maximum absolute atomic E-state index is 4.48. The average Bonchev–Trinajstić information content (AvgIpc) is 3.30. The smallest absolute Gasteiger partial charge is 0.114 e. The third-order valence-corrected chi connectivity index (χ3v) is 4.80. The summed E-state index contributed by atoms with van der Waals surface area (Å²) in [7, 11) is 0. The number of fused-ring (bicyclic) bond motifs is 2. The van der Waals surface area contributed by atoms with Gasteiger partial charge in [0.2, 0.25) is 0 Å². The quantitative estimate of drug-likeness (QED) is 0.617. The molecule has 4 aromatic rings. The second kappa shape index (κ2) is 5.26. The van der Waals surface area contributed by atoms with E-state index in [1.54, 1.807) is 6.33 Å². The molecular weight excluding hydrogens is 300 g/mol. The van der Waals surface area contributed by atoms with Crippen LogP contribution in [-0.4, -0.2) is 45.5 Å². The normalized spacial score (nSPS) is 15.5. The van der Waals surface area contributed by atoms with Crippen LogP contribution in [0.2, 0.25) is 0 Å². The fraction of sp³-hybridized carbons (Fsp3) is 0.222. The van der Waals surface area contributed by atoms with Crippen molar-refractivity contribution in [3.05, 3.63) is 55.2 Å². The summed E-state index contributed by atoms with van der Waals surface area (Å²) < 4.78 is 2.16. The molecule has 0 atom stereocenters. The Morgan fingerprint density at radius 3 is 2.67 bits per heavy atom. The molecule has 0 bridgehead atoms. The summed E-state index contributed by atoms with van der Waals surface area (Å²) in [4.78, 5) is 16.8. The van der Waals surface area contributed by atoms with Crippen LogP contribution in [-0.2, 0) is 0 Å². The standard InChI is InChI=1S/C18H18N6/c1-3-14-11-19-13-24(14)17(6-1)23-9-7-22(8-10-23)16-5-2-4-15-18(16)21-12-20-15/h1-6,11-13H,7-10H2,(H,20,21). The molecule has 6 heteroatoms. The Kier molecular flexibility index (Phi) is 2.94. The van der Waals surface area contributed by atoms with E-state index in [1.165, 1.54) is 11.5 Å². The van der Waals surface area contributed by atoms with Gasteiger partial charge >= 0.3 is 0 Å². The minimum absolute atomic E-state index is 0.983. The predicted octanol–water partition coefficient (Wildman–Crippen LogP) is 2.54. The van der Waals surface area contributed by atoms with Gasteiger partial charge in [0.1, 0.15) is 17.7 Å². The van der Waals surface area contributed by atoms with Crippen molar-refractivity contribution in [1.29, 1.82) is 0 Å². The number of hydrogen-bond donors (Lipinski definition) is 1. The van der Waals surface area contributed by atoms with Gasteiger partial charge in [-0.05, 0) is 24.3 Å². The van der Waals surface area contributed by atoms with Gasteiger partial charge in [-0.2, -0.15) is 0 Å². The molecule has 1 fully saturated rings. The van der Waals surface area contributed by atoms with E-state index < -0.39 is 0 Å². The highest BCUT2D eigenvalue weighted by Gasteiger charge is 2.20. The molecule has 6 nitrogen and oxygen atoms in total. The van der Waals surface area contributed by atoms with Gasteiger partial charge in [-0.15, -0.1) is 0 Å². The molecule has 1 aliphatic rings. The van der Waals surface area contributed by atoms with Gasteiger partial charge in [0.15, 0.2) is 0 Å². The van der Waals surface area contributed by atoms with Crippen LogP contribution in [0.4, 0.5) is 11.5 Å². The maximum Gasteiger partial charge on any atom is 0.114 e. The van der Waals surface area contributed by atoms with Gasteiger partial charge in [-0.25, -0.2) is 9.97 Å². The number of pyridine rings is 1. The summed E-state index contributed by atoms with van der Waals surface area (Å²) in [6, 6.07) is 12.7. The van der Waals surface area contributed by atoms with Gasteiger partial charge < -0.3 is 14.8 Å². The molecule has 0 amide bonds. The van der Waals surface area contributed by atoms with Crippen molar-refractivity contribution < 1.29 is 0 Å². The Morgan fingerprint density at radius 1 is 0.917 bits per heavy atom. The first kappa shape index (κ1) is 13.4. The first-order valence-electron chi connectivity index (χ1n) is 8.23. The van der Waals surface area contributed by atoms with Crippen LogP contribution in [0, 0.1) is 0 Å². The fourth-order valence-electron chi connectivity index (χ4n) is 3.57. The number of imidazole rings is 2. The number of H-pyrrole nitrogens is 1. The molecule has 24 heavy (non-hydrogen) atoms. The highest BCUT2D eigenvalue weighted by atomic mass is 15.3. The van der Waals surface area contributed by atoms with Crippen LogP contribution in [0.25, 0.3) is 16.6 Å². The number of para-hydroxylation sites is 1. The third kappa shape index (κ3) is 2.03. The molecule has 0 radical (unpaired) electrons. The molecule has 1 aliphatic heterocycles. The van der Waals surface area contributed by atoms with E-state index >= 15 is 0 Å². The van der Waals surface area contributed by atoms with Gasteiger partial charge in [-0.1, -0.05) is 12.1 Å². The lowest BCUT2D eigenvalue weighted by Gasteiger charge is -2.37. The van der Waals surface area contributed by atoms with E-state index in [4.69, 9.17) is 0 Å². The molecule has 1 aromatic carbocycles. The molecule has 0 aliphatic carbocycles. The van der Waals surface area contributed by atoms with Crippen LogP contribution < -0.4 is 9.80 Å². The summed E-state index contributed by atoms with van der Waals surface area (Å²) in [5.41, 5.74) is 4.51. The molecule has 4 heterocycles. The van der Waals surface area contributed by atoms with Crippen LogP contribution in [0.5, 0.6) is 0 Å². The van der Waals surface area contributed by atoms with Crippen LogP contribution >= 0.6 is 0 Å². The van der Waals surface area contributed by atoms with Crippen molar-refractivity contribution in [3.8, 4) is 0 Å². The van der Waals surface area contributed by atoms with Crippen LogP contribution in [0.1, 0.15) is 0 Å². The van der Waals surface area contributed by atoms with Crippen LogP contribution in [0.15, 0.2) is 55.2 Å². The van der Waals surface area contributed by atoms with Gasteiger partial charge in [0, 0.05) is 26.2 Å². The summed E-state index contributed by atoms with van der Waals surface area (Å²) in [5, 5.41) is 0. The molecule has 1 N–H and O–H groups in total. The van der Waals surface area contributed by atoms with Gasteiger partial charge in [0.05, 0.1) is 29.2 Å². The molecule has 0 saturated carbocycles. The summed E-state index contributed by atoms with van der Waals surface area (Å²) in [6.07, 6.45) is 5.56. The van der Waals surface area contributed by atoms with E-state index in [1.807, 2.05) is 12.5 Å². The van der Waals surface area contributed by atoms with Crippen molar-refractivity contribution in [2.45, 2.75) is 0 Å². The number of benzene rings is 1. The average molecular weight is 318 g/mol. The molecule has 1 saturated heterocycles. The Bertz CT molecular complexity index is 911. The van der Waals surface area contributed by atoms with Crippen molar-refractivity contribution >= 4 is 28.1 Å². The van der Waals surface area contributed by atoms with E-state index in [0.29, 0.717) is 0 Å². The fourth-order valence-corrected chi connectivity index (χ4v) is 3.57. The lowest BCUT2D eigenvalue weighted by molar-refractivity contribution is 0.646. The van der Waals surface area contributed by atoms with E-state index in [-0.39, 0.29) is 0 Å². The predicted molar refractivity (Wildman–Crippen MR) is 95.7 cm³/mol. The van der Waals surface area contributed by atoms with Gasteiger partial charge in [-0.3, -0.25) is 4.40 Å². The zero-order valence-electron chi connectivity index (χ0n) is 13.3. The summed E-state index contributed by atoms with van der Waals surface area (Å²) in [5.74, 6) is 1.21. The number of rotatable bonds is 2. The van der Waals surface area contributed by atoms with Crippen molar-refractivity contribution in [2.75, 3.05) is 36.0 Å². The number of nitrogens with one attached hydrogen (secondary N) is 1. The second-order valence-corrected chi connectivity index (χ2v) is 6.12. The third-order valence-electron chi connectivity index (χ3n) is 4.80. The minimum atomic E-state index is 0.983. The largest absolute Gasteiger partial charge is 0.366 e. The molecular formula is C18H18N6. The highest BCUT2D eigenvalue weighted by molar-refractivity contribution is 5.88. The zero-order chi connectivity index (χ0) is 15.9. The Labute approximate surface area is 139 Å². The molecule has 0 unspecified atom stereocenters. The summed E-state index contributed by atoms with van der Waals surface area (Å²) in [6.45, 7) is 3.93. The molecule has 0 spiro atoms. The lowest BCUT2D eigenvalue weighted by atomic mass is 10.2. The SMILES string of the molecule is c1cc(N2CCN(c3cccc4cncn34)CC2)c2nc[nH]c2c1. The number of aromatic nitrogens is 4. The van der Waals surface area contributed by atoms with E-state index in [9.17, 15) is 0 Å². The molecule has 5 rings (SSSR count). The first-order valence-corrected chi connectivity index (χ1v) is 8.23. The molecule has 3 aromatic heterocycles. The van der Waals surface area contributed by atoms with Crippen molar-refractivity contribution in [2.24, 2.45) is 0 Å². The summed E-state index contributed by atoms with van der Waals surface area (Å²) >= 11 is 0. The van der Waals surface area contributed by atoms with E-state index in [2.05, 4.69) is 65.6 Å². The number of anilines is 2. The number of piperazine rings is 1. The van der Waals surface area contributed by atoms with Gasteiger partial charge in [0.25, 0.3) is 0 Å².